The van der Waals surface area contributed by atoms with Gasteiger partial charge >= 0.3 is 0 Å². The quantitative estimate of drug-likeness (QED) is 0.639. The average molecular weight is 202 g/mol. The van der Waals surface area contributed by atoms with Gasteiger partial charge in [-0.15, -0.1) is 0 Å². The van der Waals surface area contributed by atoms with Gasteiger partial charge in [-0.25, -0.2) is 4.98 Å². The number of halogens is 1. The molecule has 2 nitrogen and oxygen atoms in total. The molecule has 0 saturated carbocycles. The molecule has 0 fully saturated rings. The van der Waals surface area contributed by atoms with E-state index in [4.69, 9.17) is 6.85 Å². The zero-order valence-corrected chi connectivity index (χ0v) is 6.36. The maximum absolute atomic E-state index is 7.60. The van der Waals surface area contributed by atoms with E-state index in [2.05, 4.69) is 20.9 Å². The van der Waals surface area contributed by atoms with Crippen molar-refractivity contribution < 1.29 is 6.85 Å². The molecule has 0 spiro atoms. The Morgan fingerprint density at radius 3 is 3.40 bits per heavy atom. The molecule has 2 heterocycles. The molecule has 0 atom stereocenters. The first-order valence-electron chi connectivity index (χ1n) is 5.06. The summed E-state index contributed by atoms with van der Waals surface area (Å²) in [6.07, 6.45) is -0.356. The highest BCUT2D eigenvalue weighted by Crippen LogP contribution is 2.11. The Morgan fingerprint density at radius 2 is 2.50 bits per heavy atom. The Kier molecular flexibility index (Phi) is 0.556. The summed E-state index contributed by atoms with van der Waals surface area (Å²) in [4.78, 5) is 3.75. The van der Waals surface area contributed by atoms with Crippen LogP contribution >= 0.6 is 15.9 Å². The molecule has 0 bridgehead atoms. The normalized spacial score (nSPS) is 17.5. The predicted molar refractivity (Wildman–Crippen MR) is 42.9 cm³/mol. The zero-order valence-electron chi connectivity index (χ0n) is 9.77. The molecule has 0 aromatic carbocycles. The van der Waals surface area contributed by atoms with Crippen molar-refractivity contribution >= 4 is 21.6 Å². The highest BCUT2D eigenvalue weighted by molar-refractivity contribution is 9.10. The van der Waals surface area contributed by atoms with Gasteiger partial charge < -0.3 is 0 Å². The molecule has 0 amide bonds. The van der Waals surface area contributed by atoms with Gasteiger partial charge in [0, 0.05) is 6.17 Å². The molecule has 2 aromatic heterocycles. The van der Waals surface area contributed by atoms with Gasteiger partial charge in [0.15, 0.2) is 0 Å². The van der Waals surface area contributed by atoms with Gasteiger partial charge in [0.1, 0.15) is 10.3 Å². The molecule has 50 valence electrons. The Balaban J connectivity index is 3.07. The third-order valence-corrected chi connectivity index (χ3v) is 1.60. The Morgan fingerprint density at radius 1 is 1.60 bits per heavy atom. The second-order valence-corrected chi connectivity index (χ2v) is 2.41. The second kappa shape index (κ2) is 2.09. The molecular weight excluding hydrogens is 192 g/mol. The predicted octanol–water partition coefficient (Wildman–Crippen LogP) is 2.10. The van der Waals surface area contributed by atoms with Gasteiger partial charge in [0.05, 0.1) is 13.0 Å². The van der Waals surface area contributed by atoms with Crippen molar-refractivity contribution in [1.82, 2.24) is 9.38 Å². The summed E-state index contributed by atoms with van der Waals surface area (Å²) < 4.78 is 38.8. The monoisotopic (exact) mass is 201 g/mol. The highest BCUT2D eigenvalue weighted by Gasteiger charge is 1.94. The van der Waals surface area contributed by atoms with Gasteiger partial charge in [-0.3, -0.25) is 4.40 Å². The van der Waals surface area contributed by atoms with E-state index in [1.54, 1.807) is 0 Å². The first-order valence-corrected chi connectivity index (χ1v) is 3.35. The number of hydrogen-bond acceptors (Lipinski definition) is 1. The lowest BCUT2D eigenvalue weighted by Crippen LogP contribution is -1.80. The van der Waals surface area contributed by atoms with E-state index in [-0.39, 0.29) is 40.7 Å². The van der Waals surface area contributed by atoms with Gasteiger partial charge in [-0.2, -0.15) is 0 Å². The summed E-state index contributed by atoms with van der Waals surface area (Å²) in [6.45, 7) is 0. The lowest BCUT2D eigenvalue weighted by molar-refractivity contribution is 1.15. The lowest BCUT2D eigenvalue weighted by atomic mass is 10.5. The average Bonchev–Trinajstić information content (AvgIpc) is 2.50. The SMILES string of the molecule is [2H]c1nc2c([2H])c([2H])c([2H])c([2H])n2c1Br. The lowest BCUT2D eigenvalue weighted by Gasteiger charge is -1.90. The van der Waals surface area contributed by atoms with E-state index < -0.39 is 0 Å². The summed E-state index contributed by atoms with van der Waals surface area (Å²) in [6, 6.07) is -0.925. The molecule has 0 saturated heterocycles. The summed E-state index contributed by atoms with van der Waals surface area (Å²) in [5, 5.41) is 0. The third-order valence-electron chi connectivity index (χ3n) is 1.07. The molecule has 10 heavy (non-hydrogen) atoms. The molecular formula is C7H5BrN2. The fourth-order valence-electron chi connectivity index (χ4n) is 0.649. The molecule has 0 radical (unpaired) electrons. The Bertz CT molecular complexity index is 564. The van der Waals surface area contributed by atoms with Crippen molar-refractivity contribution in [3.05, 3.63) is 35.1 Å². The van der Waals surface area contributed by atoms with Crippen LogP contribution in [-0.4, -0.2) is 9.38 Å². The van der Waals surface area contributed by atoms with Gasteiger partial charge in [-0.1, -0.05) is 6.04 Å². The largest absolute Gasteiger partial charge is 0.294 e. The van der Waals surface area contributed by atoms with E-state index in [1.807, 2.05) is 0 Å². The van der Waals surface area contributed by atoms with Crippen LogP contribution in [0.15, 0.2) is 35.1 Å². The smallest absolute Gasteiger partial charge is 0.137 e. The Hall–Kier alpha value is -0.830. The highest BCUT2D eigenvalue weighted by atomic mass is 79.9. The standard InChI is InChI=1S/C7H5BrN2/c8-6-5-9-7-3-1-2-4-10(6)7/h1-5H/i1D,2D,3D,4D,5D. The fraction of sp³-hybridized carbons (Fsp3) is 0. The summed E-state index contributed by atoms with van der Waals surface area (Å²) in [7, 11) is 0. The number of pyridine rings is 1. The van der Waals surface area contributed by atoms with Crippen molar-refractivity contribution in [3.8, 4) is 0 Å². The van der Waals surface area contributed by atoms with E-state index in [1.165, 1.54) is 4.40 Å². The van der Waals surface area contributed by atoms with E-state index in [9.17, 15) is 0 Å². The van der Waals surface area contributed by atoms with E-state index in [0.29, 0.717) is 0 Å². The van der Waals surface area contributed by atoms with Crippen LogP contribution in [0.5, 0.6) is 0 Å². The minimum atomic E-state index is -0.343. The first-order chi connectivity index (χ1) is 6.95. The molecule has 2 rings (SSSR count). The van der Waals surface area contributed by atoms with Gasteiger partial charge in [0.25, 0.3) is 0 Å². The van der Waals surface area contributed by atoms with Gasteiger partial charge in [0.2, 0.25) is 0 Å². The van der Waals surface area contributed by atoms with Gasteiger partial charge in [-0.05, 0) is 28.0 Å². The third kappa shape index (κ3) is 0.743. The van der Waals surface area contributed by atoms with Crippen LogP contribution in [0, 0.1) is 0 Å². The molecule has 0 unspecified atom stereocenters. The topological polar surface area (TPSA) is 17.3 Å². The summed E-state index contributed by atoms with van der Waals surface area (Å²) >= 11 is 3.06. The molecule has 3 heteroatoms. The van der Waals surface area contributed by atoms with Crippen LogP contribution in [0.2, 0.25) is 0 Å². The minimum Gasteiger partial charge on any atom is -0.294 e. The minimum absolute atomic E-state index is 0.0536. The number of imidazole rings is 1. The van der Waals surface area contributed by atoms with Crippen LogP contribution in [0.1, 0.15) is 6.85 Å². The van der Waals surface area contributed by atoms with Crippen LogP contribution in [0.4, 0.5) is 0 Å². The number of rotatable bonds is 0. The van der Waals surface area contributed by atoms with Crippen molar-refractivity contribution in [2.45, 2.75) is 0 Å². The van der Waals surface area contributed by atoms with Crippen molar-refractivity contribution in [1.29, 1.82) is 0 Å². The number of fused-ring (bicyclic) bond motifs is 1. The maximum atomic E-state index is 7.60. The number of nitrogens with zero attached hydrogens (tertiary/aromatic N) is 2. The first kappa shape index (κ1) is 2.66. The summed E-state index contributed by atoms with van der Waals surface area (Å²) in [5.41, 5.74) is 0.0536. The van der Waals surface area contributed by atoms with Crippen LogP contribution in [0.3, 0.4) is 0 Å². The Labute approximate surface area is 73.7 Å². The van der Waals surface area contributed by atoms with Crippen LogP contribution < -0.4 is 0 Å². The molecule has 0 aliphatic carbocycles. The second-order valence-electron chi connectivity index (χ2n) is 1.66. The zero-order chi connectivity index (χ0) is 11.3. The molecule has 0 N–H and O–H groups in total. The van der Waals surface area contributed by atoms with Crippen molar-refractivity contribution in [2.24, 2.45) is 0 Å². The maximum Gasteiger partial charge on any atom is 0.137 e. The van der Waals surface area contributed by atoms with Crippen molar-refractivity contribution in [2.75, 3.05) is 0 Å². The molecule has 2 aromatic rings. The van der Waals surface area contributed by atoms with E-state index in [0.717, 1.165) is 0 Å². The summed E-state index contributed by atoms with van der Waals surface area (Å²) in [5.74, 6) is 0. The van der Waals surface area contributed by atoms with Crippen molar-refractivity contribution in [3.63, 3.8) is 0 Å². The van der Waals surface area contributed by atoms with E-state index >= 15 is 0 Å². The molecule has 0 aliphatic rings. The fourth-order valence-corrected chi connectivity index (χ4v) is 0.994. The van der Waals surface area contributed by atoms with Crippen LogP contribution in [-0.2, 0) is 0 Å². The number of hydrogen-bond donors (Lipinski definition) is 0. The van der Waals surface area contributed by atoms with Crippen LogP contribution in [0.25, 0.3) is 5.65 Å². The molecule has 0 aliphatic heterocycles. The number of aromatic nitrogens is 2.